The first-order chi connectivity index (χ1) is 12.1. The topological polar surface area (TPSA) is 61.4 Å². The molecule has 0 spiro atoms. The van der Waals surface area contributed by atoms with Gasteiger partial charge in [0.2, 0.25) is 11.8 Å². The van der Waals surface area contributed by atoms with Crippen molar-refractivity contribution in [3.8, 4) is 0 Å². The van der Waals surface area contributed by atoms with Gasteiger partial charge in [0, 0.05) is 11.7 Å². The molecular weight excluding hydrogens is 371 g/mol. The zero-order valence-corrected chi connectivity index (χ0v) is 15.2. The minimum Gasteiger partial charge on any atom is -0.352 e. The van der Waals surface area contributed by atoms with Crippen LogP contribution in [-0.2, 0) is 15.8 Å². The second-order valence-corrected chi connectivity index (χ2v) is 7.01. The van der Waals surface area contributed by atoms with E-state index in [1.54, 1.807) is 7.05 Å². The molecule has 0 saturated heterocycles. The molecule has 0 radical (unpaired) electrons. The lowest BCUT2D eigenvalue weighted by molar-refractivity contribution is -0.137. The number of carbonyl (C=O) groups excluding carboxylic acids is 2. The summed E-state index contributed by atoms with van der Waals surface area (Å²) in [6.45, 7) is 1.84. The third-order valence-corrected chi connectivity index (χ3v) is 4.43. The van der Waals surface area contributed by atoms with Crippen molar-refractivity contribution in [1.82, 2.24) is 10.2 Å². The molecule has 1 aliphatic carbocycles. The van der Waals surface area contributed by atoms with Crippen LogP contribution in [-0.4, -0.2) is 42.9 Å². The maximum Gasteiger partial charge on any atom is 0.417 e. The van der Waals surface area contributed by atoms with Gasteiger partial charge in [0.1, 0.15) is 0 Å². The predicted octanol–water partition coefficient (Wildman–Crippen LogP) is 3.14. The number of alkyl halides is 3. The van der Waals surface area contributed by atoms with Gasteiger partial charge in [-0.3, -0.25) is 14.5 Å². The Kier molecular flexibility index (Phi) is 6.52. The van der Waals surface area contributed by atoms with Crippen molar-refractivity contribution in [1.29, 1.82) is 0 Å². The van der Waals surface area contributed by atoms with Gasteiger partial charge in [-0.25, -0.2) is 0 Å². The van der Waals surface area contributed by atoms with E-state index in [9.17, 15) is 22.8 Å². The van der Waals surface area contributed by atoms with Crippen molar-refractivity contribution in [3.63, 3.8) is 0 Å². The molecule has 0 aromatic heterocycles. The maximum absolute atomic E-state index is 12.8. The Labute approximate surface area is 154 Å². The van der Waals surface area contributed by atoms with Gasteiger partial charge in [-0.2, -0.15) is 13.2 Å². The van der Waals surface area contributed by atoms with Crippen LogP contribution in [0.4, 0.5) is 18.9 Å². The summed E-state index contributed by atoms with van der Waals surface area (Å²) < 4.78 is 38.5. The molecule has 9 heteroatoms. The molecule has 1 unspecified atom stereocenters. The van der Waals surface area contributed by atoms with Crippen LogP contribution in [0, 0.1) is 5.92 Å². The Balaban J connectivity index is 1.84. The molecule has 144 valence electrons. The molecular formula is C17H21ClF3N3O2. The molecule has 5 nitrogen and oxygen atoms in total. The number of carbonyl (C=O) groups is 2. The lowest BCUT2D eigenvalue weighted by Gasteiger charge is -2.18. The number of nitrogens with zero attached hydrogens (tertiary/aromatic N) is 1. The molecule has 2 rings (SSSR count). The fourth-order valence-corrected chi connectivity index (χ4v) is 2.81. The fourth-order valence-electron chi connectivity index (χ4n) is 2.58. The number of rotatable bonds is 7. The average molecular weight is 392 g/mol. The third-order valence-electron chi connectivity index (χ3n) is 4.10. The number of likely N-dealkylation sites (N-methyl/N-ethyl adjacent to an activating group) is 1. The van der Waals surface area contributed by atoms with Crippen LogP contribution < -0.4 is 10.6 Å². The molecule has 1 aromatic rings. The highest BCUT2D eigenvalue weighted by Crippen LogP contribution is 2.36. The number of hydrogen-bond acceptors (Lipinski definition) is 3. The minimum absolute atomic E-state index is 0.00747. The quantitative estimate of drug-likeness (QED) is 0.750. The monoisotopic (exact) mass is 391 g/mol. The summed E-state index contributed by atoms with van der Waals surface area (Å²) in [5.74, 6) is -0.183. The van der Waals surface area contributed by atoms with Crippen LogP contribution in [0.5, 0.6) is 0 Å². The molecule has 0 aliphatic heterocycles. The zero-order valence-electron chi connectivity index (χ0n) is 14.5. The van der Waals surface area contributed by atoms with Gasteiger partial charge in [-0.05, 0) is 50.9 Å². The lowest BCUT2D eigenvalue weighted by atomic mass is 10.2. The van der Waals surface area contributed by atoms with E-state index in [1.807, 2.05) is 6.92 Å². The van der Waals surface area contributed by atoms with Crippen LogP contribution in [0.15, 0.2) is 18.2 Å². The Hall–Kier alpha value is -1.80. The zero-order chi connectivity index (χ0) is 19.5. The molecule has 0 bridgehead atoms. The third kappa shape index (κ3) is 6.17. The summed E-state index contributed by atoms with van der Waals surface area (Å²) in [4.78, 5) is 25.4. The number of hydrogen-bond donors (Lipinski definition) is 2. The van der Waals surface area contributed by atoms with Gasteiger partial charge in [0.25, 0.3) is 0 Å². The first-order valence-corrected chi connectivity index (χ1v) is 8.58. The second kappa shape index (κ2) is 8.26. The van der Waals surface area contributed by atoms with Crippen molar-refractivity contribution in [2.45, 2.75) is 32.0 Å². The summed E-state index contributed by atoms with van der Waals surface area (Å²) in [5.41, 5.74) is -1.02. The summed E-state index contributed by atoms with van der Waals surface area (Å²) in [6.07, 6.45) is -2.38. The Morgan fingerprint density at radius 3 is 2.46 bits per heavy atom. The summed E-state index contributed by atoms with van der Waals surface area (Å²) >= 11 is 5.54. The van der Waals surface area contributed by atoms with Crippen molar-refractivity contribution in [2.24, 2.45) is 5.92 Å². The van der Waals surface area contributed by atoms with Crippen molar-refractivity contribution in [2.75, 3.05) is 25.5 Å². The van der Waals surface area contributed by atoms with E-state index in [0.717, 1.165) is 25.0 Å². The predicted molar refractivity (Wildman–Crippen MR) is 92.9 cm³/mol. The number of nitrogens with one attached hydrogen (secondary N) is 2. The highest BCUT2D eigenvalue weighted by Gasteiger charge is 2.33. The van der Waals surface area contributed by atoms with Gasteiger partial charge in [0.05, 0.1) is 23.7 Å². The average Bonchev–Trinajstić information content (AvgIpc) is 3.32. The van der Waals surface area contributed by atoms with Crippen LogP contribution in [0.1, 0.15) is 25.3 Å². The van der Waals surface area contributed by atoms with Crippen LogP contribution in [0.3, 0.4) is 0 Å². The maximum atomic E-state index is 12.8. The number of halogens is 4. The van der Waals surface area contributed by atoms with Gasteiger partial charge in [-0.1, -0.05) is 11.6 Å². The molecule has 26 heavy (non-hydrogen) atoms. The Morgan fingerprint density at radius 1 is 1.27 bits per heavy atom. The highest BCUT2D eigenvalue weighted by atomic mass is 35.5. The lowest BCUT2D eigenvalue weighted by Crippen LogP contribution is -2.42. The van der Waals surface area contributed by atoms with Crippen LogP contribution >= 0.6 is 11.6 Å². The van der Waals surface area contributed by atoms with Crippen molar-refractivity contribution < 1.29 is 22.8 Å². The molecule has 1 atom stereocenters. The molecule has 1 fully saturated rings. The van der Waals surface area contributed by atoms with E-state index in [0.29, 0.717) is 5.92 Å². The van der Waals surface area contributed by atoms with Gasteiger partial charge < -0.3 is 10.6 Å². The normalized spacial score (nSPS) is 15.7. The Bertz CT molecular complexity index is 678. The van der Waals surface area contributed by atoms with Gasteiger partial charge >= 0.3 is 6.18 Å². The molecule has 1 saturated carbocycles. The molecule has 1 aliphatic rings. The van der Waals surface area contributed by atoms with Crippen LogP contribution in [0.25, 0.3) is 0 Å². The summed E-state index contributed by atoms with van der Waals surface area (Å²) in [5, 5.41) is 4.82. The van der Waals surface area contributed by atoms with Gasteiger partial charge in [0.15, 0.2) is 0 Å². The van der Waals surface area contributed by atoms with E-state index in [4.69, 9.17) is 11.6 Å². The smallest absolute Gasteiger partial charge is 0.352 e. The van der Waals surface area contributed by atoms with E-state index in [-0.39, 0.29) is 30.7 Å². The minimum atomic E-state index is -4.61. The van der Waals surface area contributed by atoms with E-state index in [1.165, 1.54) is 11.0 Å². The van der Waals surface area contributed by atoms with Gasteiger partial charge in [-0.15, -0.1) is 0 Å². The van der Waals surface area contributed by atoms with Crippen LogP contribution in [0.2, 0.25) is 5.02 Å². The van der Waals surface area contributed by atoms with E-state index in [2.05, 4.69) is 10.6 Å². The molecule has 2 N–H and O–H groups in total. The summed E-state index contributed by atoms with van der Waals surface area (Å²) in [6, 6.07) is 3.26. The first kappa shape index (κ1) is 20.5. The van der Waals surface area contributed by atoms with Crippen molar-refractivity contribution >= 4 is 29.1 Å². The SMILES string of the molecule is CC(NC(=O)CN(C)CC(=O)Nc1ccc(Cl)c(C(F)(F)F)c1)C1CC1. The Morgan fingerprint density at radius 2 is 1.88 bits per heavy atom. The second-order valence-electron chi connectivity index (χ2n) is 6.61. The first-order valence-electron chi connectivity index (χ1n) is 8.20. The molecule has 1 aromatic carbocycles. The van der Waals surface area contributed by atoms with E-state index < -0.39 is 22.7 Å². The van der Waals surface area contributed by atoms with E-state index >= 15 is 0 Å². The fraction of sp³-hybridized carbons (Fsp3) is 0.529. The largest absolute Gasteiger partial charge is 0.417 e. The number of anilines is 1. The highest BCUT2D eigenvalue weighted by molar-refractivity contribution is 6.31. The molecule has 0 heterocycles. The number of benzene rings is 1. The molecule has 2 amide bonds. The standard InChI is InChI=1S/C17H21ClF3N3O2/c1-10(11-3-4-11)22-15(25)8-24(2)9-16(26)23-12-5-6-14(18)13(7-12)17(19,20)21/h5-7,10-11H,3-4,8-9H2,1-2H3,(H,22,25)(H,23,26). The summed E-state index contributed by atoms with van der Waals surface area (Å²) in [7, 11) is 1.59. The number of amides is 2. The van der Waals surface area contributed by atoms with Crippen molar-refractivity contribution in [3.05, 3.63) is 28.8 Å².